The predicted octanol–water partition coefficient (Wildman–Crippen LogP) is 1.98. The highest BCUT2D eigenvalue weighted by atomic mass is 16.5. The summed E-state index contributed by atoms with van der Waals surface area (Å²) in [7, 11) is 1.54. The zero-order chi connectivity index (χ0) is 16.3. The molecular formula is C17H19NO4. The number of nitrogens with one attached hydrogen (secondary N) is 1. The van der Waals surface area contributed by atoms with Gasteiger partial charge in [0.1, 0.15) is 5.75 Å². The van der Waals surface area contributed by atoms with Gasteiger partial charge in [0.05, 0.1) is 13.5 Å². The number of carbonyl (C=O) groups is 2. The molecule has 22 heavy (non-hydrogen) atoms. The smallest absolute Gasteiger partial charge is 0.261 e. The number of Topliss-reactive ketones (excluding diaryl/α,β-unsaturated/α-hetero) is 1. The Balaban J connectivity index is 2.27. The standard InChI is InChI=1S/C17H19NO4/c1-4-13-14(5-2)18-16(20)17(13,21)10-15(19)11-6-8-12(22-3)9-7-11/h4-9,21H,10H2,1-3H3,(H,18,20). The molecule has 0 bridgehead atoms. The lowest BCUT2D eigenvalue weighted by molar-refractivity contribution is -0.132. The van der Waals surface area contributed by atoms with Crippen molar-refractivity contribution in [3.05, 3.63) is 53.3 Å². The number of rotatable bonds is 4. The van der Waals surface area contributed by atoms with Crippen molar-refractivity contribution in [1.82, 2.24) is 5.32 Å². The minimum Gasteiger partial charge on any atom is -0.497 e. The Kier molecular flexibility index (Phi) is 4.47. The molecule has 1 fully saturated rings. The number of ether oxygens (including phenoxy) is 1. The molecular weight excluding hydrogens is 282 g/mol. The van der Waals surface area contributed by atoms with Crippen molar-refractivity contribution in [2.45, 2.75) is 25.9 Å². The Morgan fingerprint density at radius 1 is 1.27 bits per heavy atom. The van der Waals surface area contributed by atoms with Gasteiger partial charge < -0.3 is 15.2 Å². The van der Waals surface area contributed by atoms with Crippen molar-refractivity contribution in [3.8, 4) is 5.75 Å². The maximum Gasteiger partial charge on any atom is 0.261 e. The molecule has 1 aromatic carbocycles. The molecule has 0 aromatic heterocycles. The average Bonchev–Trinajstić information content (AvgIpc) is 2.77. The van der Waals surface area contributed by atoms with Crippen molar-refractivity contribution >= 4 is 11.7 Å². The van der Waals surface area contributed by atoms with Crippen LogP contribution in [0.3, 0.4) is 0 Å². The first-order chi connectivity index (χ1) is 10.5. The van der Waals surface area contributed by atoms with Gasteiger partial charge in [-0.25, -0.2) is 0 Å². The van der Waals surface area contributed by atoms with Crippen LogP contribution in [-0.4, -0.2) is 29.5 Å². The second kappa shape index (κ2) is 6.15. The van der Waals surface area contributed by atoms with Crippen LogP contribution in [0, 0.1) is 0 Å². The lowest BCUT2D eigenvalue weighted by Gasteiger charge is -2.20. The van der Waals surface area contributed by atoms with E-state index in [0.29, 0.717) is 22.6 Å². The summed E-state index contributed by atoms with van der Waals surface area (Å²) in [4.78, 5) is 24.5. The van der Waals surface area contributed by atoms with E-state index in [1.165, 1.54) is 0 Å². The van der Waals surface area contributed by atoms with Crippen molar-refractivity contribution in [3.63, 3.8) is 0 Å². The van der Waals surface area contributed by atoms with Crippen LogP contribution in [0.2, 0.25) is 0 Å². The maximum atomic E-state index is 12.4. The second-order valence-electron chi connectivity index (χ2n) is 5.05. The summed E-state index contributed by atoms with van der Waals surface area (Å²) in [6.07, 6.45) is 3.04. The van der Waals surface area contributed by atoms with Gasteiger partial charge in [0.25, 0.3) is 5.91 Å². The van der Waals surface area contributed by atoms with E-state index in [0.717, 1.165) is 0 Å². The number of carbonyl (C=O) groups excluding carboxylic acids is 2. The number of hydrogen-bond donors (Lipinski definition) is 2. The number of methoxy groups -OCH3 is 1. The molecule has 0 radical (unpaired) electrons. The van der Waals surface area contributed by atoms with E-state index in [4.69, 9.17) is 4.74 Å². The Bertz CT molecular complexity index is 658. The van der Waals surface area contributed by atoms with Crippen LogP contribution in [0.4, 0.5) is 0 Å². The number of amides is 1. The second-order valence-corrected chi connectivity index (χ2v) is 5.05. The van der Waals surface area contributed by atoms with E-state index < -0.39 is 11.5 Å². The minimum atomic E-state index is -1.83. The third kappa shape index (κ3) is 2.67. The first kappa shape index (κ1) is 16.0. The molecule has 1 atom stereocenters. The first-order valence-electron chi connectivity index (χ1n) is 7.00. The number of allylic oxidation sites excluding steroid dienone is 2. The van der Waals surface area contributed by atoms with Gasteiger partial charge in [-0.2, -0.15) is 0 Å². The van der Waals surface area contributed by atoms with Gasteiger partial charge in [0, 0.05) is 16.8 Å². The third-order valence-electron chi connectivity index (χ3n) is 3.77. The van der Waals surface area contributed by atoms with Crippen molar-refractivity contribution in [2.75, 3.05) is 7.11 Å². The van der Waals surface area contributed by atoms with Crippen LogP contribution < -0.4 is 10.1 Å². The van der Waals surface area contributed by atoms with Crippen LogP contribution in [0.5, 0.6) is 5.75 Å². The lowest BCUT2D eigenvalue weighted by atomic mass is 9.87. The molecule has 0 spiro atoms. The van der Waals surface area contributed by atoms with Gasteiger partial charge in [0.15, 0.2) is 11.4 Å². The topological polar surface area (TPSA) is 75.6 Å². The Hall–Kier alpha value is -2.40. The monoisotopic (exact) mass is 301 g/mol. The van der Waals surface area contributed by atoms with Crippen LogP contribution in [0.25, 0.3) is 0 Å². The fraction of sp³-hybridized carbons (Fsp3) is 0.294. The van der Waals surface area contributed by atoms with E-state index in [9.17, 15) is 14.7 Å². The summed E-state index contributed by atoms with van der Waals surface area (Å²) < 4.78 is 5.04. The predicted molar refractivity (Wildman–Crippen MR) is 82.5 cm³/mol. The zero-order valence-electron chi connectivity index (χ0n) is 12.8. The highest BCUT2D eigenvalue weighted by Crippen LogP contribution is 2.34. The molecule has 1 unspecified atom stereocenters. The van der Waals surface area contributed by atoms with Gasteiger partial charge >= 0.3 is 0 Å². The van der Waals surface area contributed by atoms with E-state index in [1.807, 2.05) is 0 Å². The molecule has 2 N–H and O–H groups in total. The molecule has 0 aliphatic carbocycles. The molecule has 1 aliphatic heterocycles. The summed E-state index contributed by atoms with van der Waals surface area (Å²) in [5.41, 5.74) is -0.432. The average molecular weight is 301 g/mol. The number of ketones is 1. The van der Waals surface area contributed by atoms with Crippen molar-refractivity contribution in [1.29, 1.82) is 0 Å². The van der Waals surface area contributed by atoms with Gasteiger partial charge in [-0.05, 0) is 38.1 Å². The number of benzene rings is 1. The third-order valence-corrected chi connectivity index (χ3v) is 3.77. The Morgan fingerprint density at radius 2 is 1.91 bits per heavy atom. The molecule has 2 rings (SSSR count). The molecule has 1 heterocycles. The summed E-state index contributed by atoms with van der Waals surface area (Å²) in [5, 5.41) is 13.3. The molecule has 5 nitrogen and oxygen atoms in total. The van der Waals surface area contributed by atoms with Gasteiger partial charge in [-0.3, -0.25) is 9.59 Å². The highest BCUT2D eigenvalue weighted by Gasteiger charge is 2.48. The van der Waals surface area contributed by atoms with Crippen LogP contribution >= 0.6 is 0 Å². The molecule has 1 aliphatic rings. The summed E-state index contributed by atoms with van der Waals surface area (Å²) in [6, 6.07) is 6.56. The first-order valence-corrected chi connectivity index (χ1v) is 7.00. The van der Waals surface area contributed by atoms with Crippen molar-refractivity contribution in [2.24, 2.45) is 0 Å². The van der Waals surface area contributed by atoms with Crippen LogP contribution in [-0.2, 0) is 4.79 Å². The molecule has 0 saturated carbocycles. The summed E-state index contributed by atoms with van der Waals surface area (Å²) in [5.74, 6) is -0.244. The van der Waals surface area contributed by atoms with E-state index >= 15 is 0 Å². The largest absolute Gasteiger partial charge is 0.497 e. The van der Waals surface area contributed by atoms with Crippen LogP contribution in [0.1, 0.15) is 30.6 Å². The molecule has 1 amide bonds. The molecule has 1 saturated heterocycles. The van der Waals surface area contributed by atoms with Crippen molar-refractivity contribution < 1.29 is 19.4 Å². The molecule has 1 aromatic rings. The highest BCUT2D eigenvalue weighted by molar-refractivity contribution is 6.05. The normalized spacial score (nSPS) is 24.6. The molecule has 116 valence electrons. The van der Waals surface area contributed by atoms with Crippen LogP contribution in [0.15, 0.2) is 47.7 Å². The van der Waals surface area contributed by atoms with E-state index in [1.54, 1.807) is 57.4 Å². The van der Waals surface area contributed by atoms with Gasteiger partial charge in [-0.1, -0.05) is 12.2 Å². The maximum absolute atomic E-state index is 12.4. The van der Waals surface area contributed by atoms with Gasteiger partial charge in [-0.15, -0.1) is 0 Å². The fourth-order valence-electron chi connectivity index (χ4n) is 2.55. The zero-order valence-corrected chi connectivity index (χ0v) is 12.8. The van der Waals surface area contributed by atoms with E-state index in [2.05, 4.69) is 5.32 Å². The number of hydrogen-bond acceptors (Lipinski definition) is 4. The Labute approximate surface area is 129 Å². The minimum absolute atomic E-state index is 0.303. The number of aliphatic hydroxyl groups is 1. The lowest BCUT2D eigenvalue weighted by Crippen LogP contribution is -2.41. The SMILES string of the molecule is CC=C1NC(=O)C(O)(CC(=O)c2ccc(OC)cc2)C1=CC. The Morgan fingerprint density at radius 3 is 2.41 bits per heavy atom. The summed E-state index contributed by atoms with van der Waals surface area (Å²) >= 11 is 0. The van der Waals surface area contributed by atoms with E-state index in [-0.39, 0.29) is 12.2 Å². The fourth-order valence-corrected chi connectivity index (χ4v) is 2.55. The molecule has 5 heteroatoms. The quantitative estimate of drug-likeness (QED) is 0.834. The van der Waals surface area contributed by atoms with Gasteiger partial charge in [0.2, 0.25) is 0 Å². The summed E-state index contributed by atoms with van der Waals surface area (Å²) in [6.45, 7) is 3.48.